The molecular weight excluding hydrogens is 283 g/mol. The molecule has 0 saturated heterocycles. The fourth-order valence-corrected chi connectivity index (χ4v) is 1.79. The molecule has 1 N–H and O–H groups in total. The Labute approximate surface area is 117 Å². The van der Waals surface area contributed by atoms with Crippen LogP contribution in [0.2, 0.25) is 0 Å². The molecule has 0 aliphatic carbocycles. The maximum atomic E-state index is 13.5. The Morgan fingerprint density at radius 1 is 1.38 bits per heavy atom. The molecule has 0 bridgehead atoms. The Hall–Kier alpha value is -3.03. The van der Waals surface area contributed by atoms with Gasteiger partial charge in [0, 0.05) is 18.8 Å². The van der Waals surface area contributed by atoms with Crippen molar-refractivity contribution in [3.63, 3.8) is 0 Å². The van der Waals surface area contributed by atoms with Gasteiger partial charge in [0.15, 0.2) is 0 Å². The van der Waals surface area contributed by atoms with Crippen LogP contribution in [0.5, 0.6) is 0 Å². The van der Waals surface area contributed by atoms with Crippen molar-refractivity contribution >= 4 is 11.7 Å². The molecule has 108 valence electrons. The molecule has 0 radical (unpaired) electrons. The monoisotopic (exact) mass is 292 g/mol. The molecule has 0 aliphatic heterocycles. The fourth-order valence-electron chi connectivity index (χ4n) is 1.79. The summed E-state index contributed by atoms with van der Waals surface area (Å²) in [6.07, 6.45) is 2.38. The van der Waals surface area contributed by atoms with Crippen molar-refractivity contribution in [2.24, 2.45) is 0 Å². The topological polar surface area (TPSA) is 102 Å². The molecule has 2 aromatic rings. The Morgan fingerprint density at radius 3 is 2.67 bits per heavy atom. The van der Waals surface area contributed by atoms with Crippen LogP contribution in [-0.4, -0.2) is 20.6 Å². The number of rotatable bonds is 4. The van der Waals surface area contributed by atoms with E-state index in [1.807, 2.05) is 0 Å². The Morgan fingerprint density at radius 2 is 2.10 bits per heavy atom. The molecule has 1 heterocycles. The number of hydrogen-bond acceptors (Lipinski definition) is 4. The second-order valence-electron chi connectivity index (χ2n) is 4.24. The van der Waals surface area contributed by atoms with E-state index in [4.69, 9.17) is 5.11 Å². The van der Waals surface area contributed by atoms with Crippen molar-refractivity contribution in [1.29, 1.82) is 0 Å². The first-order valence-electron chi connectivity index (χ1n) is 5.74. The predicted molar refractivity (Wildman–Crippen MR) is 69.8 cm³/mol. The number of pyridine rings is 1. The van der Waals surface area contributed by atoms with Crippen molar-refractivity contribution in [3.05, 3.63) is 73.9 Å². The average Bonchev–Trinajstić information content (AvgIpc) is 2.40. The lowest BCUT2D eigenvalue weighted by Crippen LogP contribution is -2.11. The quantitative estimate of drug-likeness (QED) is 0.681. The molecule has 1 aromatic heterocycles. The highest BCUT2D eigenvalue weighted by molar-refractivity contribution is 5.87. The number of carboxylic acid groups (broad SMARTS) is 1. The number of carboxylic acids is 1. The van der Waals surface area contributed by atoms with Gasteiger partial charge in [-0.25, -0.2) is 9.18 Å². The van der Waals surface area contributed by atoms with Crippen LogP contribution >= 0.6 is 0 Å². The number of benzene rings is 1. The van der Waals surface area contributed by atoms with Crippen LogP contribution in [0.1, 0.15) is 15.9 Å². The van der Waals surface area contributed by atoms with Gasteiger partial charge in [0.1, 0.15) is 5.82 Å². The molecule has 0 amide bonds. The molecule has 7 nitrogen and oxygen atoms in total. The number of nitrogens with zero attached hydrogens (tertiary/aromatic N) is 2. The van der Waals surface area contributed by atoms with Crippen LogP contribution in [0.25, 0.3) is 0 Å². The third kappa shape index (κ3) is 3.11. The summed E-state index contributed by atoms with van der Waals surface area (Å²) in [5.41, 5.74) is -1.34. The maximum absolute atomic E-state index is 13.5. The highest BCUT2D eigenvalue weighted by Crippen LogP contribution is 2.12. The minimum Gasteiger partial charge on any atom is -0.478 e. The van der Waals surface area contributed by atoms with E-state index in [1.165, 1.54) is 16.8 Å². The summed E-state index contributed by atoms with van der Waals surface area (Å²) in [6.45, 7) is 0.0674. The van der Waals surface area contributed by atoms with E-state index in [2.05, 4.69) is 0 Å². The highest BCUT2D eigenvalue weighted by atomic mass is 19.1. The Balaban J connectivity index is 2.32. The molecule has 21 heavy (non-hydrogen) atoms. The largest absolute Gasteiger partial charge is 0.478 e. The van der Waals surface area contributed by atoms with Gasteiger partial charge in [-0.3, -0.25) is 14.9 Å². The predicted octanol–water partition coefficient (Wildman–Crippen LogP) is 1.64. The lowest BCUT2D eigenvalue weighted by molar-refractivity contribution is -0.386. The van der Waals surface area contributed by atoms with Crippen molar-refractivity contribution in [1.82, 2.24) is 4.57 Å². The van der Waals surface area contributed by atoms with E-state index in [0.717, 1.165) is 24.4 Å². The van der Waals surface area contributed by atoms with Crippen molar-refractivity contribution < 1.29 is 19.2 Å². The summed E-state index contributed by atoms with van der Waals surface area (Å²) in [7, 11) is 0. The molecule has 2 rings (SSSR count). The second-order valence-corrected chi connectivity index (χ2v) is 4.24. The van der Waals surface area contributed by atoms with Crippen LogP contribution in [0, 0.1) is 15.9 Å². The van der Waals surface area contributed by atoms with Gasteiger partial charge in [-0.05, 0) is 17.7 Å². The number of carbonyl (C=O) groups is 1. The molecule has 0 aliphatic rings. The third-order valence-electron chi connectivity index (χ3n) is 2.78. The van der Waals surface area contributed by atoms with Crippen molar-refractivity contribution in [3.8, 4) is 0 Å². The summed E-state index contributed by atoms with van der Waals surface area (Å²) in [5.74, 6) is -2.27. The molecule has 0 atom stereocenters. The zero-order valence-electron chi connectivity index (χ0n) is 10.5. The summed E-state index contributed by atoms with van der Waals surface area (Å²) in [6, 6.07) is 4.59. The van der Waals surface area contributed by atoms with Crippen molar-refractivity contribution in [2.45, 2.75) is 6.54 Å². The Kier molecular flexibility index (Phi) is 3.79. The van der Waals surface area contributed by atoms with Gasteiger partial charge in [0.2, 0.25) is 0 Å². The molecule has 8 heteroatoms. The first-order valence-corrected chi connectivity index (χ1v) is 5.74. The van der Waals surface area contributed by atoms with Gasteiger partial charge >= 0.3 is 11.7 Å². The smallest absolute Gasteiger partial charge is 0.338 e. The second kappa shape index (κ2) is 5.53. The van der Waals surface area contributed by atoms with Gasteiger partial charge in [-0.1, -0.05) is 6.07 Å². The molecule has 0 unspecified atom stereocenters. The number of aromatic nitrogens is 1. The molecular formula is C13H9FN2O5. The van der Waals surface area contributed by atoms with E-state index in [1.54, 1.807) is 0 Å². The van der Waals surface area contributed by atoms with E-state index >= 15 is 0 Å². The average molecular weight is 292 g/mol. The molecule has 1 aromatic carbocycles. The van der Waals surface area contributed by atoms with Crippen LogP contribution in [0.3, 0.4) is 0 Å². The zero-order valence-corrected chi connectivity index (χ0v) is 10.5. The van der Waals surface area contributed by atoms with Gasteiger partial charge in [0.25, 0.3) is 5.43 Å². The van der Waals surface area contributed by atoms with Crippen molar-refractivity contribution in [2.75, 3.05) is 0 Å². The highest BCUT2D eigenvalue weighted by Gasteiger charge is 2.13. The van der Waals surface area contributed by atoms with Gasteiger partial charge in [-0.15, -0.1) is 0 Å². The molecule has 0 saturated carbocycles. The van der Waals surface area contributed by atoms with Crippen LogP contribution < -0.4 is 5.43 Å². The minimum atomic E-state index is -1.38. The summed E-state index contributed by atoms with van der Waals surface area (Å²) >= 11 is 0. The number of halogens is 1. The van der Waals surface area contributed by atoms with Gasteiger partial charge < -0.3 is 9.67 Å². The van der Waals surface area contributed by atoms with E-state index in [9.17, 15) is 24.1 Å². The lowest BCUT2D eigenvalue weighted by atomic mass is 10.1. The first kappa shape index (κ1) is 14.4. The Bertz CT molecular complexity index is 784. The lowest BCUT2D eigenvalue weighted by Gasteiger charge is -2.07. The first-order chi connectivity index (χ1) is 9.88. The third-order valence-corrected chi connectivity index (χ3v) is 2.78. The van der Waals surface area contributed by atoms with Crippen LogP contribution in [0.4, 0.5) is 10.1 Å². The minimum absolute atomic E-state index is 0.0674. The SMILES string of the molecule is O=C(O)c1ccc(Cn2ccc(=O)c([N+](=O)[O-])c2)cc1F. The summed E-state index contributed by atoms with van der Waals surface area (Å²) in [5, 5.41) is 19.4. The molecule has 0 spiro atoms. The number of hydrogen-bond donors (Lipinski definition) is 1. The maximum Gasteiger partial charge on any atom is 0.338 e. The standard InChI is InChI=1S/C13H9FN2O5/c14-10-5-8(1-2-9(10)13(18)19)6-15-4-3-12(17)11(7-15)16(20)21/h1-5,7H,6H2,(H,18,19). The molecule has 0 fully saturated rings. The fraction of sp³-hybridized carbons (Fsp3) is 0.0769. The number of nitro groups is 1. The van der Waals surface area contributed by atoms with Gasteiger partial charge in [-0.2, -0.15) is 0 Å². The van der Waals surface area contributed by atoms with E-state index in [0.29, 0.717) is 5.56 Å². The summed E-state index contributed by atoms with van der Waals surface area (Å²) < 4.78 is 14.9. The zero-order chi connectivity index (χ0) is 15.6. The van der Waals surface area contributed by atoms with Crippen LogP contribution in [-0.2, 0) is 6.54 Å². The number of aromatic carboxylic acids is 1. The van der Waals surface area contributed by atoms with Crippen LogP contribution in [0.15, 0.2) is 41.5 Å². The summed E-state index contributed by atoms with van der Waals surface area (Å²) in [4.78, 5) is 31.8. The normalized spacial score (nSPS) is 10.3. The van der Waals surface area contributed by atoms with E-state index < -0.39 is 33.4 Å². The van der Waals surface area contributed by atoms with E-state index in [-0.39, 0.29) is 6.54 Å². The van der Waals surface area contributed by atoms with Gasteiger partial charge in [0.05, 0.1) is 16.7 Å².